The highest BCUT2D eigenvalue weighted by Gasteiger charge is 1.99. The average molecular weight is 260 g/mol. The van der Waals surface area contributed by atoms with Crippen molar-refractivity contribution in [2.24, 2.45) is 0 Å². The summed E-state index contributed by atoms with van der Waals surface area (Å²) in [6, 6.07) is 0. The maximum atomic E-state index is 10.7. The van der Waals surface area contributed by atoms with Crippen molar-refractivity contribution in [3.63, 3.8) is 0 Å². The fourth-order valence-electron chi connectivity index (χ4n) is 1.33. The van der Waals surface area contributed by atoms with Crippen LogP contribution in [0.3, 0.4) is 0 Å². The van der Waals surface area contributed by atoms with Crippen LogP contribution >= 0.6 is 0 Å². The Bertz CT molecular complexity index is 360. The van der Waals surface area contributed by atoms with E-state index in [1.54, 1.807) is 0 Å². The van der Waals surface area contributed by atoms with Gasteiger partial charge in [0.05, 0.1) is 12.9 Å². The summed E-state index contributed by atoms with van der Waals surface area (Å²) in [6.07, 6.45) is 9.22. The van der Waals surface area contributed by atoms with E-state index in [0.29, 0.717) is 0 Å². The van der Waals surface area contributed by atoms with Crippen molar-refractivity contribution >= 4 is 10.1 Å². The molecule has 17 heavy (non-hydrogen) atoms. The van der Waals surface area contributed by atoms with Gasteiger partial charge < -0.3 is 0 Å². The lowest BCUT2D eigenvalue weighted by Crippen LogP contribution is -2.03. The van der Waals surface area contributed by atoms with E-state index in [1.165, 1.54) is 11.1 Å². The van der Waals surface area contributed by atoms with Gasteiger partial charge in [-0.2, -0.15) is 8.42 Å². The SMILES string of the molecule is CC(C)=CCC/C(C)=C\CCCOS(C)(=O)=O. The maximum absolute atomic E-state index is 10.7. The van der Waals surface area contributed by atoms with Gasteiger partial charge in [0.25, 0.3) is 10.1 Å². The Kier molecular flexibility index (Phi) is 8.17. The van der Waals surface area contributed by atoms with Gasteiger partial charge in [0.15, 0.2) is 0 Å². The smallest absolute Gasteiger partial charge is 0.264 e. The van der Waals surface area contributed by atoms with Crippen LogP contribution < -0.4 is 0 Å². The van der Waals surface area contributed by atoms with E-state index in [1.807, 2.05) is 0 Å². The molecule has 0 aromatic carbocycles. The third-order valence-electron chi connectivity index (χ3n) is 2.23. The molecule has 0 unspecified atom stereocenters. The van der Waals surface area contributed by atoms with Gasteiger partial charge in [-0.15, -0.1) is 0 Å². The molecular formula is C13H24O3S. The zero-order valence-electron chi connectivity index (χ0n) is 11.3. The van der Waals surface area contributed by atoms with Crippen LogP contribution in [0.5, 0.6) is 0 Å². The molecule has 0 N–H and O–H groups in total. The summed E-state index contributed by atoms with van der Waals surface area (Å²) in [6.45, 7) is 6.58. The summed E-state index contributed by atoms with van der Waals surface area (Å²) in [5.41, 5.74) is 2.70. The molecule has 0 heterocycles. The molecule has 100 valence electrons. The highest BCUT2D eigenvalue weighted by Crippen LogP contribution is 2.08. The first-order chi connectivity index (χ1) is 7.81. The molecule has 0 aromatic rings. The lowest BCUT2D eigenvalue weighted by Gasteiger charge is -2.01. The monoisotopic (exact) mass is 260 g/mol. The van der Waals surface area contributed by atoms with E-state index in [0.717, 1.165) is 31.9 Å². The lowest BCUT2D eigenvalue weighted by atomic mass is 10.1. The molecule has 0 aliphatic carbocycles. The standard InChI is InChI=1S/C13H24O3S/c1-12(2)8-7-10-13(3)9-5-6-11-16-17(4,14)15/h8-9H,5-7,10-11H2,1-4H3/b13-9-. The number of allylic oxidation sites excluding steroid dienone is 4. The maximum Gasteiger partial charge on any atom is 0.264 e. The van der Waals surface area contributed by atoms with Crippen molar-refractivity contribution in [3.8, 4) is 0 Å². The first-order valence-electron chi connectivity index (χ1n) is 5.94. The van der Waals surface area contributed by atoms with Gasteiger partial charge >= 0.3 is 0 Å². The highest BCUT2D eigenvalue weighted by atomic mass is 32.2. The van der Waals surface area contributed by atoms with Crippen LogP contribution in [0.25, 0.3) is 0 Å². The van der Waals surface area contributed by atoms with Crippen LogP contribution in [0.1, 0.15) is 46.5 Å². The zero-order chi connectivity index (χ0) is 13.3. The van der Waals surface area contributed by atoms with E-state index >= 15 is 0 Å². The second-order valence-corrected chi connectivity index (χ2v) is 6.18. The Hall–Kier alpha value is -0.610. The molecule has 4 heteroatoms. The van der Waals surface area contributed by atoms with Gasteiger partial charge in [-0.05, 0) is 46.5 Å². The second-order valence-electron chi connectivity index (χ2n) is 4.54. The minimum atomic E-state index is -3.28. The van der Waals surface area contributed by atoms with E-state index in [2.05, 4.69) is 37.1 Å². The van der Waals surface area contributed by atoms with Gasteiger partial charge in [-0.1, -0.05) is 23.3 Å². The van der Waals surface area contributed by atoms with Crippen molar-refractivity contribution in [1.29, 1.82) is 0 Å². The fourth-order valence-corrected chi connectivity index (χ4v) is 1.75. The molecule has 3 nitrogen and oxygen atoms in total. The first-order valence-corrected chi connectivity index (χ1v) is 7.76. The quantitative estimate of drug-likeness (QED) is 0.381. The summed E-state index contributed by atoms with van der Waals surface area (Å²) in [5, 5.41) is 0. The molecule has 0 saturated carbocycles. The molecule has 0 aromatic heterocycles. The van der Waals surface area contributed by atoms with Crippen LogP contribution in [-0.4, -0.2) is 21.3 Å². The van der Waals surface area contributed by atoms with Crippen LogP contribution in [0.4, 0.5) is 0 Å². The fraction of sp³-hybridized carbons (Fsp3) is 0.692. The molecule has 0 spiro atoms. The molecule has 0 aliphatic heterocycles. The molecule has 0 amide bonds. The van der Waals surface area contributed by atoms with E-state index < -0.39 is 10.1 Å². The van der Waals surface area contributed by atoms with Crippen LogP contribution in [0.2, 0.25) is 0 Å². The normalized spacial score (nSPS) is 12.6. The summed E-state index contributed by atoms with van der Waals surface area (Å²) in [4.78, 5) is 0. The molecule has 0 aliphatic rings. The molecule has 0 rings (SSSR count). The Labute approximate surface area is 106 Å². The number of unbranched alkanes of at least 4 members (excludes halogenated alkanes) is 1. The van der Waals surface area contributed by atoms with Gasteiger partial charge in [-0.3, -0.25) is 4.18 Å². The van der Waals surface area contributed by atoms with E-state index in [-0.39, 0.29) is 6.61 Å². The summed E-state index contributed by atoms with van der Waals surface area (Å²) in [7, 11) is -3.28. The number of hydrogen-bond acceptors (Lipinski definition) is 3. The number of rotatable bonds is 8. The summed E-state index contributed by atoms with van der Waals surface area (Å²) >= 11 is 0. The van der Waals surface area contributed by atoms with Crippen molar-refractivity contribution in [2.75, 3.05) is 12.9 Å². The van der Waals surface area contributed by atoms with E-state index in [4.69, 9.17) is 0 Å². The zero-order valence-corrected chi connectivity index (χ0v) is 12.1. The topological polar surface area (TPSA) is 43.4 Å². The molecule has 0 radical (unpaired) electrons. The Morgan fingerprint density at radius 1 is 1.12 bits per heavy atom. The first kappa shape index (κ1) is 16.4. The predicted octanol–water partition coefficient (Wildman–Crippen LogP) is 3.44. The van der Waals surface area contributed by atoms with Crippen molar-refractivity contribution in [2.45, 2.75) is 46.5 Å². The van der Waals surface area contributed by atoms with Gasteiger partial charge in [0.1, 0.15) is 0 Å². The summed E-state index contributed by atoms with van der Waals surface area (Å²) in [5.74, 6) is 0. The minimum Gasteiger partial charge on any atom is -0.270 e. The molecule has 0 fully saturated rings. The third-order valence-corrected chi connectivity index (χ3v) is 2.82. The Morgan fingerprint density at radius 2 is 1.76 bits per heavy atom. The van der Waals surface area contributed by atoms with E-state index in [9.17, 15) is 8.42 Å². The Morgan fingerprint density at radius 3 is 2.29 bits per heavy atom. The van der Waals surface area contributed by atoms with Crippen LogP contribution in [0, 0.1) is 0 Å². The number of hydrogen-bond donors (Lipinski definition) is 0. The predicted molar refractivity (Wildman–Crippen MR) is 72.5 cm³/mol. The second kappa shape index (κ2) is 8.48. The van der Waals surface area contributed by atoms with Gasteiger partial charge in [0, 0.05) is 0 Å². The van der Waals surface area contributed by atoms with Crippen molar-refractivity contribution in [3.05, 3.63) is 23.3 Å². The van der Waals surface area contributed by atoms with Crippen molar-refractivity contribution < 1.29 is 12.6 Å². The largest absolute Gasteiger partial charge is 0.270 e. The molecule has 0 saturated heterocycles. The van der Waals surface area contributed by atoms with Gasteiger partial charge in [-0.25, -0.2) is 0 Å². The Balaban J connectivity index is 3.67. The van der Waals surface area contributed by atoms with Gasteiger partial charge in [0.2, 0.25) is 0 Å². The lowest BCUT2D eigenvalue weighted by molar-refractivity contribution is 0.317. The highest BCUT2D eigenvalue weighted by molar-refractivity contribution is 7.85. The minimum absolute atomic E-state index is 0.274. The third kappa shape index (κ3) is 13.3. The molecular weight excluding hydrogens is 236 g/mol. The summed E-state index contributed by atoms with van der Waals surface area (Å²) < 4.78 is 26.0. The van der Waals surface area contributed by atoms with Crippen LogP contribution in [0.15, 0.2) is 23.3 Å². The average Bonchev–Trinajstić information content (AvgIpc) is 2.14. The van der Waals surface area contributed by atoms with Crippen LogP contribution in [-0.2, 0) is 14.3 Å². The molecule has 0 bridgehead atoms. The van der Waals surface area contributed by atoms with Crippen molar-refractivity contribution in [1.82, 2.24) is 0 Å². The molecule has 0 atom stereocenters.